The van der Waals surface area contributed by atoms with Crippen LogP contribution in [0.25, 0.3) is 0 Å². The Kier molecular flexibility index (Phi) is 3.29. The molecular weight excluding hydrogens is 256 g/mol. The van der Waals surface area contributed by atoms with E-state index in [0.717, 1.165) is 25.3 Å². The number of nitrogen functional groups attached to an aromatic ring is 1. The molecule has 0 amide bonds. The van der Waals surface area contributed by atoms with Crippen molar-refractivity contribution in [2.24, 2.45) is 11.7 Å². The molecule has 3 heterocycles. The molecule has 5 N–H and O–H groups in total. The number of anilines is 3. The molecule has 0 unspecified atom stereocenters. The summed E-state index contributed by atoms with van der Waals surface area (Å²) in [7, 11) is 0. The highest BCUT2D eigenvalue weighted by Gasteiger charge is 2.30. The fraction of sp³-hybridized carbons (Fsp3) is 0.692. The fourth-order valence-corrected chi connectivity index (χ4v) is 2.63. The van der Waals surface area contributed by atoms with Crippen molar-refractivity contribution in [3.8, 4) is 5.75 Å². The van der Waals surface area contributed by atoms with Gasteiger partial charge in [0, 0.05) is 19.1 Å². The normalized spacial score (nSPS) is 25.3. The fourth-order valence-electron chi connectivity index (χ4n) is 2.63. The molecule has 0 saturated carbocycles. The number of hydrogen-bond donors (Lipinski definition) is 3. The van der Waals surface area contributed by atoms with Crippen LogP contribution in [-0.4, -0.2) is 41.7 Å². The Morgan fingerprint density at radius 2 is 2.20 bits per heavy atom. The Bertz CT molecular complexity index is 506. The summed E-state index contributed by atoms with van der Waals surface area (Å²) in [6.07, 6.45) is 0.959. The van der Waals surface area contributed by atoms with Gasteiger partial charge in [0.1, 0.15) is 6.61 Å². The summed E-state index contributed by atoms with van der Waals surface area (Å²) in [4.78, 5) is 10.7. The number of nitrogens with zero attached hydrogens (tertiary/aromatic N) is 3. The third kappa shape index (κ3) is 2.33. The molecule has 2 aliphatic heterocycles. The van der Waals surface area contributed by atoms with Gasteiger partial charge in [0.25, 0.3) is 0 Å². The third-order valence-corrected chi connectivity index (χ3v) is 3.92. The maximum Gasteiger partial charge on any atom is 0.224 e. The van der Waals surface area contributed by atoms with E-state index in [9.17, 15) is 0 Å². The van der Waals surface area contributed by atoms with Gasteiger partial charge in [-0.25, -0.2) is 0 Å². The Hall–Kier alpha value is -1.76. The Morgan fingerprint density at radius 1 is 1.40 bits per heavy atom. The molecule has 7 heteroatoms. The second-order valence-electron chi connectivity index (χ2n) is 5.88. The van der Waals surface area contributed by atoms with E-state index < -0.39 is 0 Å². The van der Waals surface area contributed by atoms with Crippen molar-refractivity contribution >= 4 is 17.6 Å². The van der Waals surface area contributed by atoms with E-state index in [1.807, 2.05) is 0 Å². The monoisotopic (exact) mass is 278 g/mol. The molecule has 0 spiro atoms. The molecule has 1 saturated heterocycles. The second-order valence-corrected chi connectivity index (χ2v) is 5.88. The summed E-state index contributed by atoms with van der Waals surface area (Å²) in [5.41, 5.74) is 11.8. The molecule has 0 aliphatic carbocycles. The first kappa shape index (κ1) is 13.2. The van der Waals surface area contributed by atoms with Gasteiger partial charge in [-0.3, -0.25) is 0 Å². The summed E-state index contributed by atoms with van der Waals surface area (Å²) in [6.45, 7) is 6.57. The topological polar surface area (TPSA) is 102 Å². The van der Waals surface area contributed by atoms with Gasteiger partial charge in [0.05, 0.1) is 6.04 Å². The van der Waals surface area contributed by atoms with Gasteiger partial charge in [0.2, 0.25) is 11.7 Å². The van der Waals surface area contributed by atoms with Crippen molar-refractivity contribution in [1.29, 1.82) is 0 Å². The number of rotatable bonds is 2. The predicted molar refractivity (Wildman–Crippen MR) is 79.0 cm³/mol. The van der Waals surface area contributed by atoms with Crippen molar-refractivity contribution in [1.82, 2.24) is 9.97 Å². The zero-order valence-electron chi connectivity index (χ0n) is 12.0. The van der Waals surface area contributed by atoms with Crippen LogP contribution >= 0.6 is 0 Å². The predicted octanol–water partition coefficient (Wildman–Crippen LogP) is 0.425. The van der Waals surface area contributed by atoms with E-state index >= 15 is 0 Å². The number of ether oxygens (including phenoxy) is 1. The second kappa shape index (κ2) is 4.97. The summed E-state index contributed by atoms with van der Waals surface area (Å²) in [6, 6.07) is 0.423. The minimum absolute atomic E-state index is 0.182. The Balaban J connectivity index is 1.93. The minimum Gasteiger partial charge on any atom is -0.484 e. The standard InChI is InChI=1S/C13H22N6O/c1-7(2)9-6-20-10-11(16-9)17-13(15)18-12(10)19-4-3-8(14)5-19/h7-9H,3-6,14H2,1-2H3,(H3,15,16,17,18)/t8-,9+/m1/s1. The van der Waals surface area contributed by atoms with E-state index in [0.29, 0.717) is 24.1 Å². The number of fused-ring (bicyclic) bond motifs is 1. The van der Waals surface area contributed by atoms with Crippen molar-refractivity contribution in [2.45, 2.75) is 32.4 Å². The van der Waals surface area contributed by atoms with Crippen LogP contribution in [-0.2, 0) is 0 Å². The van der Waals surface area contributed by atoms with Gasteiger partial charge < -0.3 is 26.4 Å². The van der Waals surface area contributed by atoms with Crippen LogP contribution in [0.15, 0.2) is 0 Å². The van der Waals surface area contributed by atoms with Gasteiger partial charge in [-0.15, -0.1) is 0 Å². The summed E-state index contributed by atoms with van der Waals surface area (Å²) >= 11 is 0. The van der Waals surface area contributed by atoms with Gasteiger partial charge >= 0.3 is 0 Å². The van der Waals surface area contributed by atoms with Crippen LogP contribution in [0.2, 0.25) is 0 Å². The summed E-state index contributed by atoms with van der Waals surface area (Å²) in [5.74, 6) is 2.88. The van der Waals surface area contributed by atoms with Crippen molar-refractivity contribution in [2.75, 3.05) is 35.6 Å². The summed E-state index contributed by atoms with van der Waals surface area (Å²) < 4.78 is 5.91. The molecule has 3 rings (SSSR count). The molecule has 1 aromatic rings. The highest BCUT2D eigenvalue weighted by Crippen LogP contribution is 2.38. The van der Waals surface area contributed by atoms with Crippen LogP contribution in [0, 0.1) is 5.92 Å². The first-order valence-electron chi connectivity index (χ1n) is 7.12. The van der Waals surface area contributed by atoms with E-state index in [-0.39, 0.29) is 18.0 Å². The van der Waals surface area contributed by atoms with Crippen molar-refractivity contribution in [3.05, 3.63) is 0 Å². The largest absolute Gasteiger partial charge is 0.484 e. The molecule has 0 bridgehead atoms. The van der Waals surface area contributed by atoms with Crippen LogP contribution in [0.3, 0.4) is 0 Å². The molecule has 0 aromatic carbocycles. The number of nitrogens with two attached hydrogens (primary N) is 2. The molecule has 110 valence electrons. The average molecular weight is 278 g/mol. The SMILES string of the molecule is CC(C)[C@@H]1COc2c(nc(N)nc2N2CC[C@@H](N)C2)N1. The van der Waals surface area contributed by atoms with E-state index in [1.165, 1.54) is 0 Å². The van der Waals surface area contributed by atoms with Gasteiger partial charge in [-0.2, -0.15) is 9.97 Å². The number of hydrogen-bond acceptors (Lipinski definition) is 7. The molecule has 1 aromatic heterocycles. The molecule has 2 atom stereocenters. The molecule has 20 heavy (non-hydrogen) atoms. The molecule has 7 nitrogen and oxygen atoms in total. The minimum atomic E-state index is 0.182. The smallest absolute Gasteiger partial charge is 0.224 e. The highest BCUT2D eigenvalue weighted by atomic mass is 16.5. The van der Waals surface area contributed by atoms with E-state index in [4.69, 9.17) is 16.2 Å². The van der Waals surface area contributed by atoms with Crippen molar-refractivity contribution in [3.63, 3.8) is 0 Å². The van der Waals surface area contributed by atoms with Crippen molar-refractivity contribution < 1.29 is 4.74 Å². The lowest BCUT2D eigenvalue weighted by atomic mass is 10.0. The quantitative estimate of drug-likeness (QED) is 0.720. The highest BCUT2D eigenvalue weighted by molar-refractivity contribution is 5.68. The number of aromatic nitrogens is 2. The Labute approximate surface area is 118 Å². The number of nitrogens with one attached hydrogen (secondary N) is 1. The van der Waals surface area contributed by atoms with E-state index in [1.54, 1.807) is 0 Å². The lowest BCUT2D eigenvalue weighted by Gasteiger charge is -2.31. The lowest BCUT2D eigenvalue weighted by Crippen LogP contribution is -2.37. The first-order chi connectivity index (χ1) is 9.54. The van der Waals surface area contributed by atoms with Crippen LogP contribution in [0.4, 0.5) is 17.6 Å². The molecule has 1 fully saturated rings. The van der Waals surface area contributed by atoms with Gasteiger partial charge in [-0.1, -0.05) is 13.8 Å². The zero-order valence-corrected chi connectivity index (χ0v) is 12.0. The average Bonchev–Trinajstić information content (AvgIpc) is 2.83. The van der Waals surface area contributed by atoms with Gasteiger partial charge in [0.15, 0.2) is 11.6 Å². The Morgan fingerprint density at radius 3 is 2.85 bits per heavy atom. The van der Waals surface area contributed by atoms with Crippen LogP contribution < -0.4 is 26.4 Å². The first-order valence-corrected chi connectivity index (χ1v) is 7.12. The maximum absolute atomic E-state index is 5.97. The molecule has 0 radical (unpaired) electrons. The van der Waals surface area contributed by atoms with Crippen LogP contribution in [0.5, 0.6) is 5.75 Å². The maximum atomic E-state index is 5.97. The molecule has 2 aliphatic rings. The van der Waals surface area contributed by atoms with Crippen LogP contribution in [0.1, 0.15) is 20.3 Å². The lowest BCUT2D eigenvalue weighted by molar-refractivity contribution is 0.255. The van der Waals surface area contributed by atoms with E-state index in [2.05, 4.69) is 34.0 Å². The third-order valence-electron chi connectivity index (χ3n) is 3.92. The zero-order chi connectivity index (χ0) is 14.3. The summed E-state index contributed by atoms with van der Waals surface area (Å²) in [5, 5.41) is 3.40. The molecular formula is C13H22N6O. The van der Waals surface area contributed by atoms with Gasteiger partial charge in [-0.05, 0) is 12.3 Å².